The lowest BCUT2D eigenvalue weighted by atomic mass is 9.83. The highest BCUT2D eigenvalue weighted by molar-refractivity contribution is 5.75. The van der Waals surface area contributed by atoms with E-state index < -0.39 is 17.9 Å². The third-order valence-corrected chi connectivity index (χ3v) is 4.89. The number of aliphatic hydroxyl groups excluding tert-OH is 1. The van der Waals surface area contributed by atoms with Crippen molar-refractivity contribution in [3.63, 3.8) is 0 Å². The van der Waals surface area contributed by atoms with Gasteiger partial charge in [0.1, 0.15) is 0 Å². The molecule has 1 aliphatic heterocycles. The molecule has 1 heterocycles. The number of cyclic esters (lactones) is 1. The van der Waals surface area contributed by atoms with Crippen molar-refractivity contribution in [3.05, 3.63) is 47.5 Å². The standard InChI is InChI=1S/C20H22O7/c1-25-17-8-11(3-5-15(17)21)7-13-14(10-27-20(13)24)19(23)12-4-6-16(22)18(9-12)26-2/h3-6,8-9,13-14,19,21-23H,7,10H2,1-2H3/t13?,14-,19?/m0/s1. The summed E-state index contributed by atoms with van der Waals surface area (Å²) in [5.41, 5.74) is 1.32. The molecule has 3 atom stereocenters. The zero-order chi connectivity index (χ0) is 19.6. The molecule has 3 rings (SSSR count). The van der Waals surface area contributed by atoms with E-state index in [0.29, 0.717) is 17.7 Å². The van der Waals surface area contributed by atoms with Crippen LogP contribution in [0.3, 0.4) is 0 Å². The molecule has 1 aliphatic rings. The summed E-state index contributed by atoms with van der Waals surface area (Å²) in [4.78, 5) is 12.2. The maximum atomic E-state index is 12.2. The number of ether oxygens (including phenoxy) is 3. The first-order valence-electron chi connectivity index (χ1n) is 8.52. The fraction of sp³-hybridized carbons (Fsp3) is 0.350. The molecule has 0 bridgehead atoms. The van der Waals surface area contributed by atoms with Gasteiger partial charge in [-0.05, 0) is 41.8 Å². The van der Waals surface area contributed by atoms with Crippen molar-refractivity contribution >= 4 is 5.97 Å². The summed E-state index contributed by atoms with van der Waals surface area (Å²) < 4.78 is 15.4. The van der Waals surface area contributed by atoms with E-state index in [1.807, 2.05) is 0 Å². The normalized spacial score (nSPS) is 20.2. The van der Waals surface area contributed by atoms with Crippen LogP contribution in [0.2, 0.25) is 0 Å². The highest BCUT2D eigenvalue weighted by atomic mass is 16.5. The number of phenolic OH excluding ortho intramolecular Hbond substituents is 2. The van der Waals surface area contributed by atoms with Gasteiger partial charge in [0, 0.05) is 5.92 Å². The van der Waals surface area contributed by atoms with Crippen molar-refractivity contribution in [3.8, 4) is 23.0 Å². The van der Waals surface area contributed by atoms with Gasteiger partial charge in [-0.3, -0.25) is 4.79 Å². The number of methoxy groups -OCH3 is 2. The van der Waals surface area contributed by atoms with Crippen molar-refractivity contribution in [1.82, 2.24) is 0 Å². The van der Waals surface area contributed by atoms with E-state index in [4.69, 9.17) is 14.2 Å². The van der Waals surface area contributed by atoms with E-state index in [2.05, 4.69) is 0 Å². The number of phenols is 2. The number of hydrogen-bond acceptors (Lipinski definition) is 7. The second-order valence-corrected chi connectivity index (χ2v) is 6.49. The lowest BCUT2D eigenvalue weighted by Crippen LogP contribution is -2.24. The Bertz CT molecular complexity index is 833. The van der Waals surface area contributed by atoms with Gasteiger partial charge in [-0.2, -0.15) is 0 Å². The quantitative estimate of drug-likeness (QED) is 0.666. The van der Waals surface area contributed by atoms with E-state index in [-0.39, 0.29) is 29.8 Å². The summed E-state index contributed by atoms with van der Waals surface area (Å²) in [5.74, 6) is -0.823. The Balaban J connectivity index is 1.83. The van der Waals surface area contributed by atoms with Crippen molar-refractivity contribution in [2.45, 2.75) is 12.5 Å². The fourth-order valence-electron chi connectivity index (χ4n) is 3.35. The molecule has 0 aliphatic carbocycles. The largest absolute Gasteiger partial charge is 0.504 e. The Hall–Kier alpha value is -2.93. The van der Waals surface area contributed by atoms with E-state index >= 15 is 0 Å². The van der Waals surface area contributed by atoms with Crippen LogP contribution in [-0.4, -0.2) is 42.1 Å². The van der Waals surface area contributed by atoms with Crippen LogP contribution in [-0.2, 0) is 16.0 Å². The maximum absolute atomic E-state index is 12.2. The van der Waals surface area contributed by atoms with Crippen LogP contribution in [0.15, 0.2) is 36.4 Å². The number of aliphatic hydroxyl groups is 1. The Kier molecular flexibility index (Phi) is 5.41. The van der Waals surface area contributed by atoms with Gasteiger partial charge in [-0.1, -0.05) is 12.1 Å². The SMILES string of the molecule is COc1cc(CC2C(=O)OC[C@@H]2C(O)c2ccc(O)c(OC)c2)ccc1O. The summed E-state index contributed by atoms with van der Waals surface area (Å²) in [6.07, 6.45) is -0.623. The van der Waals surface area contributed by atoms with Gasteiger partial charge < -0.3 is 29.5 Å². The number of carbonyl (C=O) groups is 1. The van der Waals surface area contributed by atoms with Gasteiger partial charge in [0.05, 0.1) is 32.8 Å². The minimum atomic E-state index is -0.963. The number of hydrogen-bond donors (Lipinski definition) is 3. The summed E-state index contributed by atoms with van der Waals surface area (Å²) in [6, 6.07) is 9.44. The van der Waals surface area contributed by atoms with Gasteiger partial charge in [0.2, 0.25) is 0 Å². The molecule has 0 amide bonds. The van der Waals surface area contributed by atoms with Gasteiger partial charge in [-0.25, -0.2) is 0 Å². The van der Waals surface area contributed by atoms with E-state index in [1.165, 1.54) is 26.4 Å². The summed E-state index contributed by atoms with van der Waals surface area (Å²) in [6.45, 7) is 0.100. The fourth-order valence-corrected chi connectivity index (χ4v) is 3.35. The summed E-state index contributed by atoms with van der Waals surface area (Å²) >= 11 is 0. The van der Waals surface area contributed by atoms with Crippen LogP contribution in [0, 0.1) is 11.8 Å². The number of carbonyl (C=O) groups excluding carboxylic acids is 1. The molecule has 7 heteroatoms. The first-order chi connectivity index (χ1) is 12.9. The zero-order valence-electron chi connectivity index (χ0n) is 15.1. The highest BCUT2D eigenvalue weighted by Crippen LogP contribution is 2.39. The minimum absolute atomic E-state index is 0.0167. The Morgan fingerprint density at radius 3 is 2.37 bits per heavy atom. The van der Waals surface area contributed by atoms with Gasteiger partial charge in [-0.15, -0.1) is 0 Å². The minimum Gasteiger partial charge on any atom is -0.504 e. The van der Waals surface area contributed by atoms with Gasteiger partial charge >= 0.3 is 5.97 Å². The number of rotatable bonds is 6. The molecule has 2 aromatic carbocycles. The van der Waals surface area contributed by atoms with Crippen LogP contribution in [0.1, 0.15) is 17.2 Å². The van der Waals surface area contributed by atoms with Crippen molar-refractivity contribution < 1.29 is 34.3 Å². The van der Waals surface area contributed by atoms with Crippen molar-refractivity contribution in [1.29, 1.82) is 0 Å². The molecular weight excluding hydrogens is 352 g/mol. The first kappa shape index (κ1) is 18.8. The first-order valence-corrected chi connectivity index (χ1v) is 8.52. The lowest BCUT2D eigenvalue weighted by Gasteiger charge is -2.22. The molecule has 3 N–H and O–H groups in total. The monoisotopic (exact) mass is 374 g/mol. The van der Waals surface area contributed by atoms with Crippen LogP contribution in [0.25, 0.3) is 0 Å². The van der Waals surface area contributed by atoms with Crippen molar-refractivity contribution in [2.24, 2.45) is 11.8 Å². The zero-order valence-corrected chi connectivity index (χ0v) is 15.1. The van der Waals surface area contributed by atoms with E-state index in [9.17, 15) is 20.1 Å². The third kappa shape index (κ3) is 3.78. The highest BCUT2D eigenvalue weighted by Gasteiger charge is 2.41. The molecule has 7 nitrogen and oxygen atoms in total. The molecule has 0 saturated carbocycles. The van der Waals surface area contributed by atoms with Gasteiger partial charge in [0.15, 0.2) is 23.0 Å². The number of esters is 1. The molecular formula is C20H22O7. The second kappa shape index (κ2) is 7.75. The Labute approximate surface area is 156 Å². The molecule has 144 valence electrons. The molecule has 2 unspecified atom stereocenters. The molecule has 0 spiro atoms. The lowest BCUT2D eigenvalue weighted by molar-refractivity contribution is -0.141. The number of benzene rings is 2. The molecule has 1 saturated heterocycles. The maximum Gasteiger partial charge on any atom is 0.309 e. The van der Waals surface area contributed by atoms with Crippen LogP contribution >= 0.6 is 0 Å². The molecule has 27 heavy (non-hydrogen) atoms. The van der Waals surface area contributed by atoms with Crippen LogP contribution < -0.4 is 9.47 Å². The smallest absolute Gasteiger partial charge is 0.309 e. The van der Waals surface area contributed by atoms with E-state index in [1.54, 1.807) is 24.3 Å². The van der Waals surface area contributed by atoms with Crippen molar-refractivity contribution in [2.75, 3.05) is 20.8 Å². The van der Waals surface area contributed by atoms with E-state index in [0.717, 1.165) is 5.56 Å². The third-order valence-electron chi connectivity index (χ3n) is 4.89. The average molecular weight is 374 g/mol. The molecule has 1 fully saturated rings. The average Bonchev–Trinajstić information content (AvgIpc) is 3.03. The Morgan fingerprint density at radius 2 is 1.70 bits per heavy atom. The predicted octanol–water partition coefficient (Wildman–Crippen LogP) is 2.18. The summed E-state index contributed by atoms with van der Waals surface area (Å²) in [5, 5.41) is 30.3. The Morgan fingerprint density at radius 1 is 1.07 bits per heavy atom. The van der Waals surface area contributed by atoms with Crippen LogP contribution in [0.4, 0.5) is 0 Å². The molecule has 0 aromatic heterocycles. The summed E-state index contributed by atoms with van der Waals surface area (Å²) in [7, 11) is 2.88. The topological polar surface area (TPSA) is 105 Å². The second-order valence-electron chi connectivity index (χ2n) is 6.49. The predicted molar refractivity (Wildman–Crippen MR) is 95.9 cm³/mol. The number of aromatic hydroxyl groups is 2. The molecule has 2 aromatic rings. The molecule has 0 radical (unpaired) electrons. The van der Waals surface area contributed by atoms with Gasteiger partial charge in [0.25, 0.3) is 0 Å². The van der Waals surface area contributed by atoms with Crippen LogP contribution in [0.5, 0.6) is 23.0 Å².